The molecule has 0 N–H and O–H groups in total. The Hall–Kier alpha value is -1.02. The summed E-state index contributed by atoms with van der Waals surface area (Å²) in [5, 5.41) is 0. The largest absolute Gasteiger partial charge is 0.381 e. The highest BCUT2D eigenvalue weighted by molar-refractivity contribution is 5.25. The molecule has 388 valence electrons. The van der Waals surface area contributed by atoms with Crippen LogP contribution in [0.15, 0.2) is 36.0 Å². The maximum atomic E-state index is 6.56. The number of unbranched alkanes of at least 4 members (excludes halogenated alkanes) is 11. The fourth-order valence-corrected chi connectivity index (χ4v) is 14.1. The molecule has 3 saturated carbocycles. The molecule has 0 aromatic heterocycles. The van der Waals surface area contributed by atoms with Crippen LogP contribution in [0.5, 0.6) is 0 Å². The van der Waals surface area contributed by atoms with Crippen LogP contribution in [-0.2, 0) is 23.7 Å². The molecule has 1 heterocycles. The van der Waals surface area contributed by atoms with Crippen LogP contribution in [0.25, 0.3) is 0 Å². The zero-order chi connectivity index (χ0) is 47.6. The normalized spacial score (nSPS) is 29.8. The molecule has 4 aliphatic carbocycles. The first-order valence-corrected chi connectivity index (χ1v) is 29.3. The molecule has 0 radical (unpaired) electrons. The van der Waals surface area contributed by atoms with Gasteiger partial charge in [0.05, 0.1) is 24.9 Å². The predicted octanol–water partition coefficient (Wildman–Crippen LogP) is 15.9. The standard InChI is InChI=1S/C61H109NO5/c1-8-9-10-11-12-13-14-15-16-17-18-19-20-21-22-23-24-25-41-65-49-55(48-62-40-37-54(47-62)63-7)67-45-28-43-64-42-27-44-66-53-35-38-60(5)52(46-53)31-32-56-58-34-33-57(51(4)30-26-29-50(2)3)61(58,6)39-36-59(56)60/h12-13,15-16,31,50-51,53-59H,8-11,14,17-30,32-49H2,1-7H3/b13-12-,16-15-/t51-,53+,54?,55?,56+,57-,58+,59+,60+,61-/m1/s1. The number of methoxy groups -OCH3 is 1. The smallest absolute Gasteiger partial charge is 0.0934 e. The van der Waals surface area contributed by atoms with Crippen molar-refractivity contribution in [3.8, 4) is 0 Å². The van der Waals surface area contributed by atoms with E-state index in [4.69, 9.17) is 23.7 Å². The van der Waals surface area contributed by atoms with Crippen molar-refractivity contribution in [3.05, 3.63) is 36.0 Å². The molecule has 0 amide bonds. The Balaban J connectivity index is 0.878. The van der Waals surface area contributed by atoms with Crippen LogP contribution in [0.3, 0.4) is 0 Å². The second-order valence-corrected chi connectivity index (χ2v) is 23.6. The lowest BCUT2D eigenvalue weighted by molar-refractivity contribution is -0.0651. The average Bonchev–Trinajstić information content (AvgIpc) is 3.93. The molecule has 5 rings (SSSR count). The molecule has 2 unspecified atom stereocenters. The van der Waals surface area contributed by atoms with Crippen LogP contribution < -0.4 is 0 Å². The number of ether oxygens (including phenoxy) is 5. The van der Waals surface area contributed by atoms with Crippen LogP contribution in [0, 0.1) is 46.3 Å². The maximum Gasteiger partial charge on any atom is 0.0934 e. The van der Waals surface area contributed by atoms with Gasteiger partial charge in [-0.1, -0.05) is 148 Å². The molecule has 67 heavy (non-hydrogen) atoms. The van der Waals surface area contributed by atoms with Gasteiger partial charge in [0, 0.05) is 59.8 Å². The van der Waals surface area contributed by atoms with Gasteiger partial charge in [0.2, 0.25) is 0 Å². The minimum atomic E-state index is 0.0971. The number of nitrogens with zero attached hydrogens (tertiary/aromatic N) is 1. The Morgan fingerprint density at radius 3 is 2.13 bits per heavy atom. The van der Waals surface area contributed by atoms with Crippen molar-refractivity contribution in [3.63, 3.8) is 0 Å². The molecule has 1 saturated heterocycles. The van der Waals surface area contributed by atoms with Gasteiger partial charge in [-0.2, -0.15) is 0 Å². The Morgan fingerprint density at radius 2 is 1.40 bits per heavy atom. The van der Waals surface area contributed by atoms with E-state index in [9.17, 15) is 0 Å². The van der Waals surface area contributed by atoms with E-state index in [1.807, 2.05) is 7.11 Å². The van der Waals surface area contributed by atoms with Gasteiger partial charge in [-0.25, -0.2) is 0 Å². The van der Waals surface area contributed by atoms with Gasteiger partial charge in [0.25, 0.3) is 0 Å². The first-order valence-electron chi connectivity index (χ1n) is 29.3. The molecule has 0 spiro atoms. The topological polar surface area (TPSA) is 49.4 Å². The van der Waals surface area contributed by atoms with E-state index >= 15 is 0 Å². The van der Waals surface area contributed by atoms with Crippen molar-refractivity contribution < 1.29 is 23.7 Å². The number of hydrogen-bond donors (Lipinski definition) is 0. The van der Waals surface area contributed by atoms with Crippen LogP contribution >= 0.6 is 0 Å². The van der Waals surface area contributed by atoms with E-state index in [0.717, 1.165) is 127 Å². The summed E-state index contributed by atoms with van der Waals surface area (Å²) in [6, 6.07) is 0. The van der Waals surface area contributed by atoms with Gasteiger partial charge in [-0.15, -0.1) is 0 Å². The van der Waals surface area contributed by atoms with Crippen LogP contribution in [0.4, 0.5) is 0 Å². The highest BCUT2D eigenvalue weighted by Crippen LogP contribution is 2.67. The molecule has 1 aliphatic heterocycles. The molecule has 0 aromatic carbocycles. The lowest BCUT2D eigenvalue weighted by Gasteiger charge is -2.58. The minimum absolute atomic E-state index is 0.0971. The van der Waals surface area contributed by atoms with Crippen molar-refractivity contribution in [2.45, 2.75) is 240 Å². The van der Waals surface area contributed by atoms with Gasteiger partial charge in [0.15, 0.2) is 0 Å². The number of hydrogen-bond acceptors (Lipinski definition) is 6. The van der Waals surface area contributed by atoms with E-state index in [-0.39, 0.29) is 6.10 Å². The first-order chi connectivity index (χ1) is 32.7. The summed E-state index contributed by atoms with van der Waals surface area (Å²) < 4.78 is 31.0. The Morgan fingerprint density at radius 1 is 0.687 bits per heavy atom. The summed E-state index contributed by atoms with van der Waals surface area (Å²) in [7, 11) is 1.84. The zero-order valence-corrected chi connectivity index (χ0v) is 45.2. The van der Waals surface area contributed by atoms with Crippen molar-refractivity contribution in [2.75, 3.05) is 66.4 Å². The Labute approximate surface area is 415 Å². The maximum absolute atomic E-state index is 6.56. The number of likely N-dealkylation sites (tertiary alicyclic amines) is 1. The van der Waals surface area contributed by atoms with E-state index in [0.29, 0.717) is 29.6 Å². The molecule has 0 aromatic rings. The minimum Gasteiger partial charge on any atom is -0.381 e. The number of allylic oxidation sites excluding steroid dienone is 5. The van der Waals surface area contributed by atoms with Gasteiger partial charge in [-0.3, -0.25) is 4.90 Å². The van der Waals surface area contributed by atoms with E-state index in [2.05, 4.69) is 76.8 Å². The lowest BCUT2D eigenvalue weighted by Crippen LogP contribution is -2.51. The predicted molar refractivity (Wildman–Crippen MR) is 284 cm³/mol. The van der Waals surface area contributed by atoms with Crippen LogP contribution in [-0.4, -0.2) is 89.6 Å². The van der Waals surface area contributed by atoms with Gasteiger partial charge in [0.1, 0.15) is 0 Å². The summed E-state index contributed by atoms with van der Waals surface area (Å²) >= 11 is 0. The van der Waals surface area contributed by atoms with E-state index in [1.54, 1.807) is 5.57 Å². The van der Waals surface area contributed by atoms with Gasteiger partial charge in [-0.05, 0) is 155 Å². The summed E-state index contributed by atoms with van der Waals surface area (Å²) in [6.07, 6.45) is 49.2. The van der Waals surface area contributed by atoms with Gasteiger partial charge < -0.3 is 23.7 Å². The van der Waals surface area contributed by atoms with Crippen molar-refractivity contribution >= 4 is 0 Å². The summed E-state index contributed by atoms with van der Waals surface area (Å²) in [4.78, 5) is 2.49. The molecular formula is C61H109NO5. The molecular weight excluding hydrogens is 827 g/mol. The summed E-state index contributed by atoms with van der Waals surface area (Å²) in [5.74, 6) is 5.38. The molecule has 5 aliphatic rings. The van der Waals surface area contributed by atoms with Crippen molar-refractivity contribution in [1.29, 1.82) is 0 Å². The van der Waals surface area contributed by atoms with E-state index < -0.39 is 0 Å². The highest BCUT2D eigenvalue weighted by Gasteiger charge is 2.59. The number of fused-ring (bicyclic) bond motifs is 5. The van der Waals surface area contributed by atoms with Crippen LogP contribution in [0.2, 0.25) is 0 Å². The summed E-state index contributed by atoms with van der Waals surface area (Å²) in [5.41, 5.74) is 2.71. The van der Waals surface area contributed by atoms with Crippen molar-refractivity contribution in [1.82, 2.24) is 4.90 Å². The lowest BCUT2D eigenvalue weighted by atomic mass is 9.47. The molecule has 6 nitrogen and oxygen atoms in total. The SMILES string of the molecule is CCCCC/C=C\C/C=C\CCCCCCCCCCOCC(CN1CCC(OC)C1)OCCCOCCCO[C@H]1CC[C@@]2(C)C(=CC[C@H]3[C@@H]4CC[C@H]([C@H](C)CCCC(C)C)[C@@]4(C)CC[C@@H]32)C1. The average molecular weight is 937 g/mol. The fourth-order valence-electron chi connectivity index (χ4n) is 14.1. The zero-order valence-electron chi connectivity index (χ0n) is 45.2. The third-order valence-corrected chi connectivity index (χ3v) is 18.2. The second kappa shape index (κ2) is 32.1. The molecule has 4 fully saturated rings. The fraction of sp³-hybridized carbons (Fsp3) is 0.902. The third kappa shape index (κ3) is 19.2. The summed E-state index contributed by atoms with van der Waals surface area (Å²) in [6.45, 7) is 22.6. The monoisotopic (exact) mass is 936 g/mol. The Bertz CT molecular complexity index is 1380. The Kier molecular flexibility index (Phi) is 27.3. The molecule has 10 atom stereocenters. The highest BCUT2D eigenvalue weighted by atomic mass is 16.5. The quantitative estimate of drug-likeness (QED) is 0.0457. The third-order valence-electron chi connectivity index (χ3n) is 18.2. The second-order valence-electron chi connectivity index (χ2n) is 23.6. The van der Waals surface area contributed by atoms with E-state index in [1.165, 1.54) is 141 Å². The van der Waals surface area contributed by atoms with Crippen molar-refractivity contribution in [2.24, 2.45) is 46.3 Å². The number of rotatable bonds is 37. The van der Waals surface area contributed by atoms with Crippen LogP contribution in [0.1, 0.15) is 221 Å². The molecule has 0 bridgehead atoms. The first kappa shape index (κ1) is 56.9. The van der Waals surface area contributed by atoms with Gasteiger partial charge >= 0.3 is 0 Å². The molecule has 6 heteroatoms.